The molecular formula is C21H18ClN3O2S2. The molecule has 4 aromatic rings. The third-order valence-electron chi connectivity index (χ3n) is 4.32. The maximum Gasteiger partial charge on any atom is 0.277 e. The van der Waals surface area contributed by atoms with Gasteiger partial charge in [0.05, 0.1) is 10.8 Å². The molecule has 0 radical (unpaired) electrons. The fraction of sp³-hybridized carbons (Fsp3) is 0.190. The summed E-state index contributed by atoms with van der Waals surface area (Å²) in [5.41, 5.74) is 2.00. The fourth-order valence-electron chi connectivity index (χ4n) is 2.79. The third kappa shape index (κ3) is 4.47. The quantitative estimate of drug-likeness (QED) is 0.346. The highest BCUT2D eigenvalue weighted by Crippen LogP contribution is 2.41. The number of carbonyl (C=O) groups excluding carboxylic acids is 1. The monoisotopic (exact) mass is 443 g/mol. The largest absolute Gasteiger partial charge is 0.410 e. The SMILES string of the molecule is CC(C)c1ccc(NC(=O)CSc2nnc(-c3sc4ccccc4c3Cl)o2)cc1. The first kappa shape index (κ1) is 19.9. The molecule has 2 heterocycles. The Bertz CT molecular complexity index is 1150. The molecule has 2 aromatic heterocycles. The number of anilines is 1. The van der Waals surface area contributed by atoms with Gasteiger partial charge in [-0.2, -0.15) is 0 Å². The molecule has 0 atom stereocenters. The first-order valence-corrected chi connectivity index (χ1v) is 11.2. The normalized spacial score (nSPS) is 11.3. The Morgan fingerprint density at radius 2 is 1.93 bits per heavy atom. The summed E-state index contributed by atoms with van der Waals surface area (Å²) in [5.74, 6) is 0.861. The number of amides is 1. The lowest BCUT2D eigenvalue weighted by molar-refractivity contribution is -0.113. The maximum absolute atomic E-state index is 12.2. The summed E-state index contributed by atoms with van der Waals surface area (Å²) in [4.78, 5) is 12.9. The van der Waals surface area contributed by atoms with Crippen molar-refractivity contribution in [3.8, 4) is 10.8 Å². The summed E-state index contributed by atoms with van der Waals surface area (Å²) >= 11 is 9.16. The van der Waals surface area contributed by atoms with Crippen molar-refractivity contribution < 1.29 is 9.21 Å². The minimum atomic E-state index is -0.132. The van der Waals surface area contributed by atoms with Crippen LogP contribution in [0.15, 0.2) is 58.2 Å². The van der Waals surface area contributed by atoms with E-state index in [1.807, 2.05) is 48.5 Å². The number of rotatable bonds is 6. The van der Waals surface area contributed by atoms with E-state index in [9.17, 15) is 4.79 Å². The molecular weight excluding hydrogens is 426 g/mol. The van der Waals surface area contributed by atoms with Gasteiger partial charge in [-0.1, -0.05) is 67.5 Å². The van der Waals surface area contributed by atoms with Crippen LogP contribution in [0.4, 0.5) is 5.69 Å². The van der Waals surface area contributed by atoms with Gasteiger partial charge in [0.1, 0.15) is 4.88 Å². The van der Waals surface area contributed by atoms with Crippen LogP contribution >= 0.6 is 34.7 Å². The molecule has 0 aliphatic carbocycles. The summed E-state index contributed by atoms with van der Waals surface area (Å²) in [5, 5.41) is 12.9. The van der Waals surface area contributed by atoms with E-state index in [1.54, 1.807) is 0 Å². The number of thioether (sulfide) groups is 1. The van der Waals surface area contributed by atoms with Crippen LogP contribution in [0.2, 0.25) is 5.02 Å². The molecule has 29 heavy (non-hydrogen) atoms. The highest BCUT2D eigenvalue weighted by Gasteiger charge is 2.18. The lowest BCUT2D eigenvalue weighted by Crippen LogP contribution is -2.14. The van der Waals surface area contributed by atoms with Crippen molar-refractivity contribution in [3.63, 3.8) is 0 Å². The number of carbonyl (C=O) groups is 1. The molecule has 0 saturated carbocycles. The van der Waals surface area contributed by atoms with Crippen molar-refractivity contribution >= 4 is 56.4 Å². The Morgan fingerprint density at radius 1 is 1.17 bits per heavy atom. The predicted molar refractivity (Wildman–Crippen MR) is 120 cm³/mol. The minimum absolute atomic E-state index is 0.132. The molecule has 1 N–H and O–H groups in total. The van der Waals surface area contributed by atoms with Crippen molar-refractivity contribution in [1.29, 1.82) is 0 Å². The van der Waals surface area contributed by atoms with Gasteiger partial charge in [-0.15, -0.1) is 21.5 Å². The summed E-state index contributed by atoms with van der Waals surface area (Å²) in [6.07, 6.45) is 0. The van der Waals surface area contributed by atoms with Gasteiger partial charge in [0, 0.05) is 15.8 Å². The summed E-state index contributed by atoms with van der Waals surface area (Å²) in [6, 6.07) is 15.7. The van der Waals surface area contributed by atoms with Crippen LogP contribution in [0.25, 0.3) is 20.9 Å². The number of halogens is 1. The van der Waals surface area contributed by atoms with Gasteiger partial charge in [-0.3, -0.25) is 4.79 Å². The molecule has 8 heteroatoms. The van der Waals surface area contributed by atoms with E-state index in [0.29, 0.717) is 22.1 Å². The van der Waals surface area contributed by atoms with E-state index < -0.39 is 0 Å². The van der Waals surface area contributed by atoms with Crippen LogP contribution in [0.1, 0.15) is 25.3 Å². The van der Waals surface area contributed by atoms with E-state index in [2.05, 4.69) is 29.4 Å². The number of hydrogen-bond acceptors (Lipinski definition) is 6. The average Bonchev–Trinajstić information content (AvgIpc) is 3.32. The van der Waals surface area contributed by atoms with Gasteiger partial charge < -0.3 is 9.73 Å². The molecule has 0 fully saturated rings. The molecule has 148 valence electrons. The van der Waals surface area contributed by atoms with Crippen LogP contribution in [0, 0.1) is 0 Å². The standard InChI is InChI=1S/C21H18ClN3O2S2/c1-12(2)13-7-9-14(10-8-13)23-17(26)11-28-21-25-24-20(27-21)19-18(22)15-5-3-4-6-16(15)29-19/h3-10,12H,11H2,1-2H3,(H,23,26). The van der Waals surface area contributed by atoms with Crippen LogP contribution in [0.5, 0.6) is 0 Å². The molecule has 0 aliphatic rings. The second-order valence-electron chi connectivity index (χ2n) is 6.73. The predicted octanol–water partition coefficient (Wildman–Crippen LogP) is 6.46. The molecule has 0 unspecified atom stereocenters. The highest BCUT2D eigenvalue weighted by atomic mass is 35.5. The lowest BCUT2D eigenvalue weighted by Gasteiger charge is -2.07. The van der Waals surface area contributed by atoms with E-state index in [0.717, 1.165) is 20.7 Å². The van der Waals surface area contributed by atoms with Gasteiger partial charge in [-0.25, -0.2) is 0 Å². The average molecular weight is 444 g/mol. The van der Waals surface area contributed by atoms with Gasteiger partial charge in [0.25, 0.3) is 11.1 Å². The Hall–Kier alpha value is -2.35. The lowest BCUT2D eigenvalue weighted by atomic mass is 10.0. The molecule has 4 rings (SSSR count). The van der Waals surface area contributed by atoms with E-state index in [-0.39, 0.29) is 11.7 Å². The van der Waals surface area contributed by atoms with Crippen molar-refractivity contribution in [2.75, 3.05) is 11.1 Å². The zero-order chi connectivity index (χ0) is 20.4. The molecule has 2 aromatic carbocycles. The first-order chi connectivity index (χ1) is 14.0. The smallest absolute Gasteiger partial charge is 0.277 e. The van der Waals surface area contributed by atoms with Crippen molar-refractivity contribution in [1.82, 2.24) is 10.2 Å². The number of aromatic nitrogens is 2. The number of fused-ring (bicyclic) bond motifs is 1. The highest BCUT2D eigenvalue weighted by molar-refractivity contribution is 7.99. The number of hydrogen-bond donors (Lipinski definition) is 1. The second kappa shape index (κ2) is 8.57. The van der Waals surface area contributed by atoms with Crippen molar-refractivity contribution in [2.45, 2.75) is 25.0 Å². The van der Waals surface area contributed by atoms with E-state index >= 15 is 0 Å². The zero-order valence-corrected chi connectivity index (χ0v) is 18.2. The summed E-state index contributed by atoms with van der Waals surface area (Å²) in [7, 11) is 0. The molecule has 0 aliphatic heterocycles. The Balaban J connectivity index is 1.39. The van der Waals surface area contributed by atoms with Crippen LogP contribution < -0.4 is 5.32 Å². The minimum Gasteiger partial charge on any atom is -0.410 e. The number of nitrogens with one attached hydrogen (secondary N) is 1. The first-order valence-electron chi connectivity index (χ1n) is 9.05. The Morgan fingerprint density at radius 3 is 2.66 bits per heavy atom. The van der Waals surface area contributed by atoms with E-state index in [4.69, 9.17) is 16.0 Å². The van der Waals surface area contributed by atoms with Gasteiger partial charge in [-0.05, 0) is 29.7 Å². The van der Waals surface area contributed by atoms with Crippen LogP contribution in [0.3, 0.4) is 0 Å². The van der Waals surface area contributed by atoms with Gasteiger partial charge in [0.2, 0.25) is 5.91 Å². The maximum atomic E-state index is 12.2. The van der Waals surface area contributed by atoms with Gasteiger partial charge >= 0.3 is 0 Å². The Kier molecular flexibility index (Phi) is 5.89. The van der Waals surface area contributed by atoms with Crippen LogP contribution in [-0.4, -0.2) is 21.9 Å². The van der Waals surface area contributed by atoms with Gasteiger partial charge in [0.15, 0.2) is 0 Å². The molecule has 0 spiro atoms. The number of benzene rings is 2. The van der Waals surface area contributed by atoms with Crippen molar-refractivity contribution in [3.05, 3.63) is 59.1 Å². The number of thiophene rings is 1. The molecule has 0 saturated heterocycles. The summed E-state index contributed by atoms with van der Waals surface area (Å²) in [6.45, 7) is 4.27. The summed E-state index contributed by atoms with van der Waals surface area (Å²) < 4.78 is 6.77. The topological polar surface area (TPSA) is 68.0 Å². The molecule has 5 nitrogen and oxygen atoms in total. The fourth-order valence-corrected chi connectivity index (χ4v) is 4.78. The molecule has 0 bridgehead atoms. The molecule has 1 amide bonds. The second-order valence-corrected chi connectivity index (χ2v) is 9.08. The zero-order valence-electron chi connectivity index (χ0n) is 15.8. The third-order valence-corrected chi connectivity index (χ3v) is 6.81. The van der Waals surface area contributed by atoms with Crippen LogP contribution in [-0.2, 0) is 4.79 Å². The van der Waals surface area contributed by atoms with E-state index in [1.165, 1.54) is 28.7 Å². The Labute approximate surface area is 181 Å². The number of nitrogens with zero attached hydrogens (tertiary/aromatic N) is 2. The van der Waals surface area contributed by atoms with Crippen molar-refractivity contribution in [2.24, 2.45) is 0 Å².